The van der Waals surface area contributed by atoms with Gasteiger partial charge in [-0.2, -0.15) is 0 Å². The normalized spacial score (nSPS) is 17.2. The minimum atomic E-state index is -0.157. The van der Waals surface area contributed by atoms with Gasteiger partial charge in [-0.25, -0.2) is 4.98 Å². The number of carbonyl (C=O) groups excluding carboxylic acids is 1. The molecule has 0 saturated carbocycles. The summed E-state index contributed by atoms with van der Waals surface area (Å²) < 4.78 is 1.82. The molecule has 2 atom stereocenters. The number of hydrogen-bond donors (Lipinski definition) is 3. The molecule has 4 rings (SSSR count). The smallest absolute Gasteiger partial charge is 0.217 e. The van der Waals surface area contributed by atoms with E-state index in [1.54, 1.807) is 12.1 Å². The van der Waals surface area contributed by atoms with E-state index in [0.717, 1.165) is 17.5 Å². The first kappa shape index (κ1) is 22.4. The quantitative estimate of drug-likeness (QED) is 0.497. The molecule has 8 heteroatoms. The van der Waals surface area contributed by atoms with Crippen LogP contribution in [0.2, 0.25) is 10.0 Å². The number of halogens is 2. The summed E-state index contributed by atoms with van der Waals surface area (Å²) in [5.74, 6) is 0.541. The van der Waals surface area contributed by atoms with Gasteiger partial charge in [0.25, 0.3) is 0 Å². The molecule has 1 aliphatic carbocycles. The summed E-state index contributed by atoms with van der Waals surface area (Å²) in [7, 11) is 0. The summed E-state index contributed by atoms with van der Waals surface area (Å²) in [5, 5.41) is 16.6. The zero-order chi connectivity index (χ0) is 23.0. The number of hydrogen-bond acceptors (Lipinski definition) is 4. The number of benzene rings is 2. The average Bonchev–Trinajstić information content (AvgIpc) is 3.07. The molecule has 1 unspecified atom stereocenters. The van der Waals surface area contributed by atoms with Gasteiger partial charge in [-0.1, -0.05) is 47.5 Å². The molecule has 0 saturated heterocycles. The van der Waals surface area contributed by atoms with Crippen molar-refractivity contribution in [2.24, 2.45) is 0 Å². The van der Waals surface area contributed by atoms with Crippen molar-refractivity contribution in [2.45, 2.75) is 45.8 Å². The Morgan fingerprint density at radius 1 is 1.25 bits per heavy atom. The predicted molar refractivity (Wildman–Crippen MR) is 128 cm³/mol. The summed E-state index contributed by atoms with van der Waals surface area (Å²) >= 11 is 12.5. The van der Waals surface area contributed by atoms with E-state index in [1.807, 2.05) is 36.6 Å². The molecular weight excluding hydrogens is 445 g/mol. The van der Waals surface area contributed by atoms with Crippen molar-refractivity contribution >= 4 is 34.8 Å². The Bertz CT molecular complexity index is 1250. The molecule has 0 fully saturated rings. The Kier molecular flexibility index (Phi) is 6.26. The molecule has 1 heterocycles. The molecule has 0 spiro atoms. The van der Waals surface area contributed by atoms with E-state index in [-0.39, 0.29) is 18.0 Å². The van der Waals surface area contributed by atoms with Gasteiger partial charge in [0.05, 0.1) is 28.5 Å². The fourth-order valence-corrected chi connectivity index (χ4v) is 4.86. The van der Waals surface area contributed by atoms with Gasteiger partial charge in [-0.15, -0.1) is 0 Å². The van der Waals surface area contributed by atoms with Crippen LogP contribution in [0.4, 0.5) is 5.69 Å². The lowest BCUT2D eigenvalue weighted by Crippen LogP contribution is -2.40. The highest BCUT2D eigenvalue weighted by molar-refractivity contribution is 6.36. The standard InChI is InChI=1S/C24H25Cl2N5O/c1-4-31-23(27)21(13(2)28-24(31)18-10-9-16(25)12-19(18)26)30-22-17-8-6-5-7-15(17)11-20(22)29-14(3)32/h5-10,12,20,22,27,30H,4,11H2,1-3H3,(H,29,32)/t20-,22?/m0/s1. The first-order valence-electron chi connectivity index (χ1n) is 10.5. The number of amides is 1. The number of fused-ring (bicyclic) bond motifs is 1. The van der Waals surface area contributed by atoms with E-state index in [4.69, 9.17) is 33.6 Å². The van der Waals surface area contributed by atoms with E-state index in [1.165, 1.54) is 12.5 Å². The third-order valence-electron chi connectivity index (χ3n) is 5.81. The molecule has 3 aromatic rings. The molecule has 32 heavy (non-hydrogen) atoms. The molecular formula is C24H25Cl2N5O. The molecule has 0 radical (unpaired) electrons. The van der Waals surface area contributed by atoms with E-state index in [0.29, 0.717) is 39.3 Å². The Morgan fingerprint density at radius 2 is 2.00 bits per heavy atom. The van der Waals surface area contributed by atoms with Gasteiger partial charge in [0.15, 0.2) is 5.49 Å². The van der Waals surface area contributed by atoms with E-state index in [9.17, 15) is 4.79 Å². The summed E-state index contributed by atoms with van der Waals surface area (Å²) in [6, 6.07) is 13.2. The van der Waals surface area contributed by atoms with Gasteiger partial charge in [-0.3, -0.25) is 10.2 Å². The highest BCUT2D eigenvalue weighted by Crippen LogP contribution is 2.35. The van der Waals surface area contributed by atoms with Crippen molar-refractivity contribution in [3.8, 4) is 11.4 Å². The average molecular weight is 470 g/mol. The third kappa shape index (κ3) is 4.12. The van der Waals surface area contributed by atoms with Crippen LogP contribution in [0.15, 0.2) is 42.5 Å². The van der Waals surface area contributed by atoms with Crippen molar-refractivity contribution in [1.82, 2.24) is 14.9 Å². The summed E-state index contributed by atoms with van der Waals surface area (Å²) in [6.07, 6.45) is 0.736. The molecule has 166 valence electrons. The van der Waals surface area contributed by atoms with Crippen LogP contribution in [0.25, 0.3) is 11.4 Å². The van der Waals surface area contributed by atoms with E-state index < -0.39 is 0 Å². The van der Waals surface area contributed by atoms with Crippen molar-refractivity contribution in [1.29, 1.82) is 5.41 Å². The van der Waals surface area contributed by atoms with Crippen LogP contribution in [-0.4, -0.2) is 21.5 Å². The number of rotatable bonds is 5. The highest BCUT2D eigenvalue weighted by Gasteiger charge is 2.33. The van der Waals surface area contributed by atoms with Crippen molar-refractivity contribution in [3.05, 3.63) is 74.8 Å². The molecule has 6 nitrogen and oxygen atoms in total. The van der Waals surface area contributed by atoms with Crippen LogP contribution in [0, 0.1) is 12.3 Å². The van der Waals surface area contributed by atoms with Gasteiger partial charge >= 0.3 is 0 Å². The van der Waals surface area contributed by atoms with E-state index in [2.05, 4.69) is 22.8 Å². The van der Waals surface area contributed by atoms with Gasteiger partial charge < -0.3 is 15.2 Å². The number of aryl methyl sites for hydroxylation is 1. The largest absolute Gasteiger partial charge is 0.372 e. The number of aromatic nitrogens is 2. The fourth-order valence-electron chi connectivity index (χ4n) is 4.37. The lowest BCUT2D eigenvalue weighted by Gasteiger charge is -2.25. The fraction of sp³-hybridized carbons (Fsp3) is 0.292. The number of carbonyl (C=O) groups is 1. The SMILES string of the molecule is CCn1c(-c2ccc(Cl)cc2Cl)nc(C)c(NC2c3ccccc3C[C@@H]2NC(C)=O)c1=N. The zero-order valence-corrected chi connectivity index (χ0v) is 19.7. The maximum absolute atomic E-state index is 11.8. The van der Waals surface area contributed by atoms with Gasteiger partial charge in [-0.05, 0) is 49.6 Å². The van der Waals surface area contributed by atoms with Crippen LogP contribution in [0.3, 0.4) is 0 Å². The van der Waals surface area contributed by atoms with Crippen LogP contribution in [-0.2, 0) is 17.8 Å². The second-order valence-electron chi connectivity index (χ2n) is 7.94. The van der Waals surface area contributed by atoms with Crippen molar-refractivity contribution in [2.75, 3.05) is 5.32 Å². The maximum Gasteiger partial charge on any atom is 0.217 e. The Balaban J connectivity index is 1.79. The molecule has 0 aliphatic heterocycles. The molecule has 1 amide bonds. The number of nitrogens with zero attached hydrogens (tertiary/aromatic N) is 2. The predicted octanol–water partition coefficient (Wildman–Crippen LogP) is 4.88. The van der Waals surface area contributed by atoms with Crippen LogP contribution >= 0.6 is 23.2 Å². The lowest BCUT2D eigenvalue weighted by molar-refractivity contribution is -0.119. The van der Waals surface area contributed by atoms with Crippen molar-refractivity contribution in [3.63, 3.8) is 0 Å². The molecule has 1 aromatic heterocycles. The summed E-state index contributed by atoms with van der Waals surface area (Å²) in [4.78, 5) is 16.6. The van der Waals surface area contributed by atoms with Crippen molar-refractivity contribution < 1.29 is 4.79 Å². The van der Waals surface area contributed by atoms with Crippen LogP contribution in [0.1, 0.15) is 36.7 Å². The summed E-state index contributed by atoms with van der Waals surface area (Å²) in [6.45, 7) is 5.92. The first-order chi connectivity index (χ1) is 15.3. The van der Waals surface area contributed by atoms with Gasteiger partial charge in [0.2, 0.25) is 5.91 Å². The third-order valence-corrected chi connectivity index (χ3v) is 6.35. The maximum atomic E-state index is 11.8. The van der Waals surface area contributed by atoms with Crippen LogP contribution in [0.5, 0.6) is 0 Å². The van der Waals surface area contributed by atoms with Gasteiger partial charge in [0.1, 0.15) is 5.82 Å². The molecule has 0 bridgehead atoms. The lowest BCUT2D eigenvalue weighted by atomic mass is 10.1. The topological polar surface area (TPSA) is 82.8 Å². The second-order valence-corrected chi connectivity index (χ2v) is 8.79. The number of anilines is 1. The van der Waals surface area contributed by atoms with E-state index >= 15 is 0 Å². The Hall–Kier alpha value is -2.83. The molecule has 1 aliphatic rings. The second kappa shape index (κ2) is 8.96. The van der Waals surface area contributed by atoms with Gasteiger partial charge in [0, 0.05) is 24.1 Å². The molecule has 2 aromatic carbocycles. The molecule has 3 N–H and O–H groups in total. The number of nitrogens with one attached hydrogen (secondary N) is 3. The van der Waals surface area contributed by atoms with Crippen LogP contribution < -0.4 is 16.1 Å². The first-order valence-corrected chi connectivity index (χ1v) is 11.3. The Morgan fingerprint density at radius 3 is 2.69 bits per heavy atom. The summed E-state index contributed by atoms with van der Waals surface area (Å²) in [5.41, 5.74) is 4.67. The minimum absolute atomic E-state index is 0.0769. The Labute approximate surface area is 197 Å². The monoisotopic (exact) mass is 469 g/mol. The minimum Gasteiger partial charge on any atom is -0.372 e. The zero-order valence-electron chi connectivity index (χ0n) is 18.2. The highest BCUT2D eigenvalue weighted by atomic mass is 35.5.